The number of urea groups is 1. The molecule has 16 heavy (non-hydrogen) atoms. The van der Waals surface area contributed by atoms with E-state index in [2.05, 4.69) is 12.2 Å². The Kier molecular flexibility index (Phi) is 10.2. The third kappa shape index (κ3) is 9.77. The van der Waals surface area contributed by atoms with Gasteiger partial charge in [0.2, 0.25) is 0 Å². The van der Waals surface area contributed by atoms with Crippen molar-refractivity contribution in [3.05, 3.63) is 0 Å². The maximum atomic E-state index is 10.9. The molecule has 0 aliphatic carbocycles. The van der Waals surface area contributed by atoms with Crippen LogP contribution in [-0.4, -0.2) is 29.9 Å². The minimum absolute atomic E-state index is 0.428. The molecule has 0 aromatic carbocycles. The van der Waals surface area contributed by atoms with Gasteiger partial charge in [-0.2, -0.15) is 0 Å². The molecule has 0 bridgehead atoms. The number of nitrogens with one attached hydrogen (secondary N) is 1. The second kappa shape index (κ2) is 10.7. The predicted molar refractivity (Wildman–Crippen MR) is 65.6 cm³/mol. The lowest BCUT2D eigenvalue weighted by molar-refractivity contribution is -0.0182. The Hall–Kier alpha value is -0.770. The van der Waals surface area contributed by atoms with Crippen molar-refractivity contribution in [3.8, 4) is 0 Å². The molecule has 4 heteroatoms. The highest BCUT2D eigenvalue weighted by Gasteiger charge is 2.02. The van der Waals surface area contributed by atoms with Crippen LogP contribution in [0.2, 0.25) is 0 Å². The van der Waals surface area contributed by atoms with E-state index in [9.17, 15) is 4.79 Å². The number of amides is 2. The first kappa shape index (κ1) is 15.2. The van der Waals surface area contributed by atoms with Crippen molar-refractivity contribution in [2.24, 2.45) is 0 Å². The Morgan fingerprint density at radius 3 is 2.06 bits per heavy atom. The molecule has 96 valence electrons. The van der Waals surface area contributed by atoms with Gasteiger partial charge in [-0.05, 0) is 6.42 Å². The first-order valence-corrected chi connectivity index (χ1v) is 6.39. The Morgan fingerprint density at radius 1 is 1.06 bits per heavy atom. The third-order valence-corrected chi connectivity index (χ3v) is 2.60. The van der Waals surface area contributed by atoms with Gasteiger partial charge in [0.15, 0.2) is 0 Å². The van der Waals surface area contributed by atoms with Gasteiger partial charge in [-0.3, -0.25) is 5.21 Å². The van der Waals surface area contributed by atoms with Crippen molar-refractivity contribution in [1.29, 1.82) is 0 Å². The van der Waals surface area contributed by atoms with E-state index >= 15 is 0 Å². The van der Waals surface area contributed by atoms with Crippen LogP contribution in [0.1, 0.15) is 58.3 Å². The zero-order chi connectivity index (χ0) is 12.2. The molecule has 0 fully saturated rings. The normalized spacial score (nSPS) is 10.2. The quantitative estimate of drug-likeness (QED) is 0.363. The lowest BCUT2D eigenvalue weighted by Crippen LogP contribution is -2.35. The fourth-order valence-electron chi connectivity index (χ4n) is 1.57. The molecule has 0 aliphatic heterocycles. The summed E-state index contributed by atoms with van der Waals surface area (Å²) in [4.78, 5) is 10.9. The molecule has 0 aromatic rings. The molecule has 2 amide bonds. The zero-order valence-corrected chi connectivity index (χ0v) is 10.7. The van der Waals surface area contributed by atoms with E-state index in [1.165, 1.54) is 45.6 Å². The van der Waals surface area contributed by atoms with E-state index in [0.717, 1.165) is 12.8 Å². The van der Waals surface area contributed by atoms with Crippen molar-refractivity contribution in [3.63, 3.8) is 0 Å². The Morgan fingerprint density at radius 2 is 1.56 bits per heavy atom. The number of hydrogen-bond acceptors (Lipinski definition) is 2. The van der Waals surface area contributed by atoms with Gasteiger partial charge in [-0.25, -0.2) is 9.86 Å². The van der Waals surface area contributed by atoms with Crippen molar-refractivity contribution in [2.75, 3.05) is 13.6 Å². The molecule has 0 saturated carbocycles. The lowest BCUT2D eigenvalue weighted by Gasteiger charge is -2.09. The van der Waals surface area contributed by atoms with Crippen LogP contribution in [-0.2, 0) is 0 Å². The first-order valence-electron chi connectivity index (χ1n) is 6.39. The molecular formula is C12H26N2O2. The van der Waals surface area contributed by atoms with Gasteiger partial charge in [-0.15, -0.1) is 0 Å². The number of hydrogen-bond donors (Lipinski definition) is 2. The van der Waals surface area contributed by atoms with Gasteiger partial charge in [0.1, 0.15) is 0 Å². The van der Waals surface area contributed by atoms with Crippen LogP contribution in [0, 0.1) is 0 Å². The second-order valence-corrected chi connectivity index (χ2v) is 4.23. The average Bonchev–Trinajstić information content (AvgIpc) is 2.26. The summed E-state index contributed by atoms with van der Waals surface area (Å²) in [5.41, 5.74) is 0. The van der Waals surface area contributed by atoms with Gasteiger partial charge >= 0.3 is 6.03 Å². The summed E-state index contributed by atoms with van der Waals surface area (Å²) in [6.07, 6.45) is 10.0. The van der Waals surface area contributed by atoms with Crippen molar-refractivity contribution >= 4 is 6.03 Å². The third-order valence-electron chi connectivity index (χ3n) is 2.60. The molecule has 0 radical (unpaired) electrons. The van der Waals surface area contributed by atoms with E-state index in [1.807, 2.05) is 0 Å². The number of carbonyl (C=O) groups is 1. The largest absolute Gasteiger partial charge is 0.340 e. The van der Waals surface area contributed by atoms with Crippen LogP contribution in [0.15, 0.2) is 0 Å². The Balaban J connectivity index is 3.07. The molecule has 0 saturated heterocycles. The van der Waals surface area contributed by atoms with Gasteiger partial charge < -0.3 is 5.32 Å². The maximum Gasteiger partial charge on any atom is 0.340 e. The molecule has 0 atom stereocenters. The van der Waals surface area contributed by atoms with Gasteiger partial charge in [-0.1, -0.05) is 51.9 Å². The van der Waals surface area contributed by atoms with Crippen molar-refractivity contribution in [2.45, 2.75) is 58.3 Å². The van der Waals surface area contributed by atoms with E-state index in [1.54, 1.807) is 0 Å². The highest BCUT2D eigenvalue weighted by atomic mass is 16.5. The molecule has 0 heterocycles. The average molecular weight is 230 g/mol. The minimum atomic E-state index is -0.428. The minimum Gasteiger partial charge on any atom is -0.336 e. The highest BCUT2D eigenvalue weighted by Crippen LogP contribution is 2.07. The van der Waals surface area contributed by atoms with E-state index < -0.39 is 6.03 Å². The van der Waals surface area contributed by atoms with Crippen LogP contribution in [0.4, 0.5) is 4.79 Å². The molecule has 0 aliphatic rings. The van der Waals surface area contributed by atoms with E-state index in [0.29, 0.717) is 11.6 Å². The van der Waals surface area contributed by atoms with Crippen LogP contribution in [0.5, 0.6) is 0 Å². The summed E-state index contributed by atoms with van der Waals surface area (Å²) in [6, 6.07) is -0.428. The predicted octanol–water partition coefficient (Wildman–Crippen LogP) is 3.16. The standard InChI is InChI=1S/C12H26N2O2/c1-3-4-5-6-7-8-9-10-11-13-12(15)14(2)16/h16H,3-11H2,1-2H3,(H,13,15). The monoisotopic (exact) mass is 230 g/mol. The van der Waals surface area contributed by atoms with Crippen LogP contribution in [0.3, 0.4) is 0 Å². The summed E-state index contributed by atoms with van der Waals surface area (Å²) >= 11 is 0. The van der Waals surface area contributed by atoms with Crippen LogP contribution >= 0.6 is 0 Å². The summed E-state index contributed by atoms with van der Waals surface area (Å²) in [6.45, 7) is 2.87. The molecular weight excluding hydrogens is 204 g/mol. The summed E-state index contributed by atoms with van der Waals surface area (Å²) in [5, 5.41) is 12.0. The SMILES string of the molecule is CCCCCCCCCCNC(=O)N(C)O. The smallest absolute Gasteiger partial charge is 0.336 e. The molecule has 2 N–H and O–H groups in total. The fourth-order valence-corrected chi connectivity index (χ4v) is 1.57. The van der Waals surface area contributed by atoms with Crippen molar-refractivity contribution < 1.29 is 10.0 Å². The van der Waals surface area contributed by atoms with E-state index in [-0.39, 0.29) is 0 Å². The van der Waals surface area contributed by atoms with Crippen LogP contribution in [0.25, 0.3) is 0 Å². The number of unbranched alkanes of at least 4 members (excludes halogenated alkanes) is 7. The lowest BCUT2D eigenvalue weighted by atomic mass is 10.1. The van der Waals surface area contributed by atoms with Crippen molar-refractivity contribution in [1.82, 2.24) is 10.4 Å². The summed E-state index contributed by atoms with van der Waals surface area (Å²) in [5.74, 6) is 0. The summed E-state index contributed by atoms with van der Waals surface area (Å²) < 4.78 is 0. The molecule has 0 unspecified atom stereocenters. The molecule has 0 aromatic heterocycles. The van der Waals surface area contributed by atoms with E-state index in [4.69, 9.17) is 5.21 Å². The maximum absolute atomic E-state index is 10.9. The number of rotatable bonds is 9. The topological polar surface area (TPSA) is 52.6 Å². The molecule has 4 nitrogen and oxygen atoms in total. The highest BCUT2D eigenvalue weighted by molar-refractivity contribution is 5.72. The Labute approximate surface area is 99.0 Å². The molecule has 0 spiro atoms. The van der Waals surface area contributed by atoms with Gasteiger partial charge in [0.05, 0.1) is 0 Å². The second-order valence-electron chi connectivity index (χ2n) is 4.23. The zero-order valence-electron chi connectivity index (χ0n) is 10.7. The van der Waals surface area contributed by atoms with Gasteiger partial charge in [0.25, 0.3) is 0 Å². The number of nitrogens with zero attached hydrogens (tertiary/aromatic N) is 1. The fraction of sp³-hybridized carbons (Fsp3) is 0.917. The molecule has 0 rings (SSSR count). The first-order chi connectivity index (χ1) is 7.68. The number of carbonyl (C=O) groups excluding carboxylic acids is 1. The number of hydroxylamine groups is 2. The Bertz CT molecular complexity index is 172. The van der Waals surface area contributed by atoms with Crippen LogP contribution < -0.4 is 5.32 Å². The summed E-state index contributed by atoms with van der Waals surface area (Å²) in [7, 11) is 1.32. The van der Waals surface area contributed by atoms with Gasteiger partial charge in [0, 0.05) is 13.6 Å².